The maximum atomic E-state index is 13.8. The van der Waals surface area contributed by atoms with Crippen LogP contribution in [0.3, 0.4) is 0 Å². The van der Waals surface area contributed by atoms with Gasteiger partial charge in [-0.1, -0.05) is 35.6 Å². The second-order valence-corrected chi connectivity index (χ2v) is 12.1. The Morgan fingerprint density at radius 1 is 1.07 bits per heavy atom. The molecule has 3 aromatic carbocycles. The number of hydrogen-bond donors (Lipinski definition) is 0. The molecule has 218 valence electrons. The number of anilines is 1. The summed E-state index contributed by atoms with van der Waals surface area (Å²) in [5.41, 5.74) is 1.01. The summed E-state index contributed by atoms with van der Waals surface area (Å²) >= 11 is 1.20. The van der Waals surface area contributed by atoms with Crippen molar-refractivity contribution < 1.29 is 22.4 Å². The summed E-state index contributed by atoms with van der Waals surface area (Å²) in [4.78, 5) is 31.5. The Labute approximate surface area is 251 Å². The largest absolute Gasteiger partial charge is 0.497 e. The van der Waals surface area contributed by atoms with E-state index in [-0.39, 0.29) is 39.7 Å². The molecule has 0 fully saturated rings. The highest BCUT2D eigenvalue weighted by atomic mass is 32.2. The van der Waals surface area contributed by atoms with Crippen LogP contribution in [-0.2, 0) is 10.0 Å². The van der Waals surface area contributed by atoms with E-state index in [1.54, 1.807) is 49.6 Å². The molecule has 0 unspecified atom stereocenters. The minimum Gasteiger partial charge on any atom is -0.497 e. The van der Waals surface area contributed by atoms with Gasteiger partial charge in [0.2, 0.25) is 20.6 Å². The summed E-state index contributed by atoms with van der Waals surface area (Å²) in [6.45, 7) is 7.44. The topological polar surface area (TPSA) is 122 Å². The molecule has 12 heteroatoms. The van der Waals surface area contributed by atoms with E-state index in [2.05, 4.69) is 23.2 Å². The van der Waals surface area contributed by atoms with Gasteiger partial charge in [0.1, 0.15) is 17.6 Å². The molecule has 10 nitrogen and oxygen atoms in total. The van der Waals surface area contributed by atoms with Gasteiger partial charge in [0.05, 0.1) is 39.4 Å². The van der Waals surface area contributed by atoms with E-state index >= 15 is 0 Å². The van der Waals surface area contributed by atoms with E-state index in [1.165, 1.54) is 64.5 Å². The van der Waals surface area contributed by atoms with Crippen LogP contribution in [0.15, 0.2) is 118 Å². The highest BCUT2D eigenvalue weighted by Crippen LogP contribution is 2.32. The van der Waals surface area contributed by atoms with Crippen molar-refractivity contribution in [3.05, 3.63) is 120 Å². The molecule has 0 bridgehead atoms. The fraction of sp³-hybridized carbons (Fsp3) is 0.0968. The smallest absolute Gasteiger partial charge is 0.280 e. The first-order valence-electron chi connectivity index (χ1n) is 12.9. The first kappa shape index (κ1) is 29.6. The molecule has 1 amide bonds. The fourth-order valence-corrected chi connectivity index (χ4v) is 6.53. The Bertz CT molecular complexity index is 2020. The summed E-state index contributed by atoms with van der Waals surface area (Å²) in [7, 11) is -2.31. The average Bonchev–Trinajstić information content (AvgIpc) is 3.45. The standard InChI is InChI=1S/C31H26N4O6S2/c1-4-16-34(17-5-2)43(38,39)24-13-10-21(11-14-24)30(37)35(31-33-26-15-12-23(40-3)18-28(26)42-31)32-19-22-20-41-27-9-7-6-8-25(27)29(22)36/h4-15,18-20H,1-2,16-17H2,3H3/b32-19+. The predicted octanol–water partition coefficient (Wildman–Crippen LogP) is 5.45. The van der Waals surface area contributed by atoms with Crippen LogP contribution >= 0.6 is 11.3 Å². The van der Waals surface area contributed by atoms with Crippen LogP contribution in [0.25, 0.3) is 21.2 Å². The molecule has 43 heavy (non-hydrogen) atoms. The number of nitrogens with zero attached hydrogens (tertiary/aromatic N) is 4. The normalized spacial score (nSPS) is 11.8. The zero-order valence-corrected chi connectivity index (χ0v) is 24.7. The molecule has 5 aromatic rings. The lowest BCUT2D eigenvalue weighted by Gasteiger charge is -2.19. The Morgan fingerprint density at radius 2 is 1.79 bits per heavy atom. The van der Waals surface area contributed by atoms with Gasteiger partial charge in [0, 0.05) is 18.7 Å². The predicted molar refractivity (Wildman–Crippen MR) is 169 cm³/mol. The Kier molecular flexibility index (Phi) is 8.62. The number of amides is 1. The molecule has 0 aliphatic rings. The highest BCUT2D eigenvalue weighted by molar-refractivity contribution is 7.89. The van der Waals surface area contributed by atoms with Crippen LogP contribution in [-0.4, -0.2) is 50.0 Å². The van der Waals surface area contributed by atoms with E-state index in [9.17, 15) is 18.0 Å². The molecule has 5 rings (SSSR count). The molecule has 2 aromatic heterocycles. The van der Waals surface area contributed by atoms with Crippen molar-refractivity contribution in [3.63, 3.8) is 0 Å². The van der Waals surface area contributed by atoms with Gasteiger partial charge in [0.15, 0.2) is 0 Å². The number of methoxy groups -OCH3 is 1. The lowest BCUT2D eigenvalue weighted by atomic mass is 10.2. The summed E-state index contributed by atoms with van der Waals surface area (Å²) in [5, 5.41) is 6.03. The van der Waals surface area contributed by atoms with Crippen LogP contribution in [0.5, 0.6) is 5.75 Å². The molecule has 2 heterocycles. The number of para-hydroxylation sites is 1. The van der Waals surface area contributed by atoms with Crippen molar-refractivity contribution in [2.24, 2.45) is 5.10 Å². The monoisotopic (exact) mass is 614 g/mol. The number of thiazole rings is 1. The van der Waals surface area contributed by atoms with Crippen LogP contribution in [0.4, 0.5) is 5.13 Å². The van der Waals surface area contributed by atoms with Crippen molar-refractivity contribution in [1.29, 1.82) is 0 Å². The molecular formula is C31H26N4O6S2. The van der Waals surface area contributed by atoms with Crippen LogP contribution in [0.1, 0.15) is 15.9 Å². The third kappa shape index (κ3) is 6.02. The number of rotatable bonds is 11. The molecule has 0 aliphatic heterocycles. The van der Waals surface area contributed by atoms with Crippen molar-refractivity contribution in [3.8, 4) is 5.75 Å². The van der Waals surface area contributed by atoms with Gasteiger partial charge in [-0.2, -0.15) is 14.4 Å². The first-order valence-corrected chi connectivity index (χ1v) is 15.2. The van der Waals surface area contributed by atoms with E-state index in [1.807, 2.05) is 0 Å². The Hall–Kier alpha value is -4.91. The minimum atomic E-state index is -3.86. The van der Waals surface area contributed by atoms with E-state index in [0.29, 0.717) is 22.2 Å². The molecule has 0 N–H and O–H groups in total. The van der Waals surface area contributed by atoms with Crippen molar-refractivity contribution in [2.45, 2.75) is 4.90 Å². The second-order valence-electron chi connectivity index (χ2n) is 9.13. The van der Waals surface area contributed by atoms with Crippen LogP contribution in [0, 0.1) is 0 Å². The SMILES string of the molecule is C=CCN(CC=C)S(=O)(=O)c1ccc(C(=O)N(/N=C/c2coc3ccccc3c2=O)c2nc3ccc(OC)cc3s2)cc1. The Morgan fingerprint density at radius 3 is 2.49 bits per heavy atom. The molecule has 0 aliphatic carbocycles. The molecule has 0 saturated heterocycles. The lowest BCUT2D eigenvalue weighted by molar-refractivity contribution is 0.0987. The number of sulfonamides is 1. The summed E-state index contributed by atoms with van der Waals surface area (Å²) in [6, 6.07) is 17.6. The van der Waals surface area contributed by atoms with Crippen LogP contribution < -0.4 is 15.2 Å². The first-order chi connectivity index (χ1) is 20.8. The summed E-state index contributed by atoms with van der Waals surface area (Å²) in [6.07, 6.45) is 5.49. The number of carbonyl (C=O) groups excluding carboxylic acids is 1. The minimum absolute atomic E-state index is 0.00338. The summed E-state index contributed by atoms with van der Waals surface area (Å²) in [5.74, 6) is 0.0297. The van der Waals surface area contributed by atoms with Gasteiger partial charge >= 0.3 is 0 Å². The number of benzene rings is 3. The van der Waals surface area contributed by atoms with Crippen molar-refractivity contribution in [2.75, 3.05) is 25.2 Å². The molecule has 0 radical (unpaired) electrons. The number of ether oxygens (including phenoxy) is 1. The van der Waals surface area contributed by atoms with E-state index in [4.69, 9.17) is 9.15 Å². The quantitative estimate of drug-likeness (QED) is 0.110. The molecule has 0 atom stereocenters. The molecular weight excluding hydrogens is 588 g/mol. The van der Waals surface area contributed by atoms with Crippen molar-refractivity contribution >= 4 is 59.8 Å². The number of hydrogen-bond acceptors (Lipinski definition) is 9. The zero-order chi connectivity index (χ0) is 30.6. The van der Waals surface area contributed by atoms with E-state index in [0.717, 1.165) is 9.71 Å². The second kappa shape index (κ2) is 12.5. The number of carbonyl (C=O) groups is 1. The fourth-order valence-electron chi connectivity index (χ4n) is 4.20. The van der Waals surface area contributed by atoms with Gasteiger partial charge in [0.25, 0.3) is 5.91 Å². The maximum Gasteiger partial charge on any atom is 0.280 e. The van der Waals surface area contributed by atoms with Gasteiger partial charge in [-0.3, -0.25) is 9.59 Å². The third-order valence-corrected chi connectivity index (χ3v) is 9.22. The zero-order valence-electron chi connectivity index (χ0n) is 23.0. The molecule has 0 spiro atoms. The number of aromatic nitrogens is 1. The van der Waals surface area contributed by atoms with Gasteiger partial charge in [-0.25, -0.2) is 13.4 Å². The lowest BCUT2D eigenvalue weighted by Crippen LogP contribution is -2.31. The third-order valence-electron chi connectivity index (χ3n) is 6.38. The highest BCUT2D eigenvalue weighted by Gasteiger charge is 2.25. The Balaban J connectivity index is 1.54. The number of fused-ring (bicyclic) bond motifs is 2. The van der Waals surface area contributed by atoms with Gasteiger partial charge in [-0.15, -0.1) is 13.2 Å². The van der Waals surface area contributed by atoms with E-state index < -0.39 is 15.9 Å². The average molecular weight is 615 g/mol. The molecule has 0 saturated carbocycles. The van der Waals surface area contributed by atoms with Crippen LogP contribution in [0.2, 0.25) is 0 Å². The van der Waals surface area contributed by atoms with Gasteiger partial charge in [-0.05, 0) is 54.6 Å². The van der Waals surface area contributed by atoms with Crippen molar-refractivity contribution in [1.82, 2.24) is 9.29 Å². The number of hydrazone groups is 1. The summed E-state index contributed by atoms with van der Waals surface area (Å²) < 4.78 is 39.1. The maximum absolute atomic E-state index is 13.8. The van der Waals surface area contributed by atoms with Gasteiger partial charge < -0.3 is 9.15 Å².